The number of hydrogen-bond donors (Lipinski definition) is 7. The van der Waals surface area contributed by atoms with Crippen LogP contribution in [0.3, 0.4) is 0 Å². The molecule has 1 saturated heterocycles. The van der Waals surface area contributed by atoms with Gasteiger partial charge >= 0.3 is 0 Å². The van der Waals surface area contributed by atoms with Crippen LogP contribution in [0.1, 0.15) is 79.6 Å². The summed E-state index contributed by atoms with van der Waals surface area (Å²) < 4.78 is 11.8. The minimum Gasteiger partial charge on any atom is -0.394 e. The molecular formula is C34H56O10. The van der Waals surface area contributed by atoms with Gasteiger partial charge in [0.25, 0.3) is 0 Å². The van der Waals surface area contributed by atoms with Crippen molar-refractivity contribution >= 4 is 5.78 Å². The highest BCUT2D eigenvalue weighted by atomic mass is 16.7. The van der Waals surface area contributed by atoms with Crippen molar-refractivity contribution in [3.63, 3.8) is 0 Å². The highest BCUT2D eigenvalue weighted by molar-refractivity contribution is 5.83. The molecule has 5 aliphatic rings. The van der Waals surface area contributed by atoms with Crippen LogP contribution in [0.4, 0.5) is 0 Å². The summed E-state index contributed by atoms with van der Waals surface area (Å²) in [4.78, 5) is 13.5. The Hall–Kier alpha value is -0.950. The molecule has 0 spiro atoms. The summed E-state index contributed by atoms with van der Waals surface area (Å²) in [5.41, 5.74) is 0.160. The van der Waals surface area contributed by atoms with Gasteiger partial charge in [-0.05, 0) is 90.4 Å². The largest absolute Gasteiger partial charge is 0.394 e. The summed E-state index contributed by atoms with van der Waals surface area (Å²) in [6.07, 6.45) is -5.81. The molecule has 17 unspecified atom stereocenters. The molecule has 7 N–H and O–H groups in total. The monoisotopic (exact) mass is 624 g/mol. The molecule has 0 amide bonds. The Balaban J connectivity index is 1.36. The lowest BCUT2D eigenvalue weighted by atomic mass is 9.44. The number of ether oxygens (including phenoxy) is 2. The van der Waals surface area contributed by atoms with Crippen molar-refractivity contribution in [2.75, 3.05) is 6.61 Å². The standard InChI is InChI=1S/C34H56O10/c1-15(2)16(3)31(44-32-30(42)29(41)28(40)26(14-35)43-32)27(39)17(4)19-7-8-20-18-11-23(36)22-12-24(37)25(38)13-34(22,6)21(18)9-10-33(19,20)5/h15,17-22,24-32,35,37-42H,3,7-14H2,1-2,4-6H3. The smallest absolute Gasteiger partial charge is 0.187 e. The van der Waals surface area contributed by atoms with Gasteiger partial charge in [0.05, 0.1) is 24.9 Å². The first-order chi connectivity index (χ1) is 20.6. The first-order valence-corrected chi connectivity index (χ1v) is 16.8. The third-order valence-corrected chi connectivity index (χ3v) is 13.3. The van der Waals surface area contributed by atoms with Gasteiger partial charge in [-0.2, -0.15) is 0 Å². The number of aliphatic hydroxyl groups excluding tert-OH is 7. The molecule has 5 fully saturated rings. The van der Waals surface area contributed by atoms with Crippen LogP contribution in [0.25, 0.3) is 0 Å². The van der Waals surface area contributed by atoms with Crippen LogP contribution >= 0.6 is 0 Å². The van der Waals surface area contributed by atoms with Crippen LogP contribution in [-0.2, 0) is 14.3 Å². The van der Waals surface area contributed by atoms with Crippen LogP contribution in [0.2, 0.25) is 0 Å². The van der Waals surface area contributed by atoms with Gasteiger partial charge in [-0.25, -0.2) is 0 Å². The fourth-order valence-corrected chi connectivity index (χ4v) is 10.5. The minimum absolute atomic E-state index is 0.0691. The highest BCUT2D eigenvalue weighted by Crippen LogP contribution is 2.68. The van der Waals surface area contributed by atoms with Crippen LogP contribution in [0.15, 0.2) is 12.2 Å². The van der Waals surface area contributed by atoms with Gasteiger partial charge in [0.15, 0.2) is 6.29 Å². The average molecular weight is 625 g/mol. The molecule has 0 bridgehead atoms. The SMILES string of the molecule is C=C(C(C)C)C(OC1OC(CO)C(O)C(O)C1O)C(O)C(C)C1CCC2C3CC(=O)C4CC(O)C(O)CC4(C)C3CCC12C. The van der Waals surface area contributed by atoms with E-state index in [0.29, 0.717) is 36.7 Å². The number of rotatable bonds is 8. The van der Waals surface area contributed by atoms with E-state index in [0.717, 1.165) is 25.7 Å². The molecular weight excluding hydrogens is 568 g/mol. The molecule has 5 rings (SSSR count). The van der Waals surface area contributed by atoms with Gasteiger partial charge in [-0.3, -0.25) is 4.79 Å². The molecule has 1 aliphatic heterocycles. The van der Waals surface area contributed by atoms with Gasteiger partial charge in [0, 0.05) is 12.3 Å². The summed E-state index contributed by atoms with van der Waals surface area (Å²) in [6.45, 7) is 14.0. The van der Waals surface area contributed by atoms with Gasteiger partial charge in [-0.1, -0.05) is 41.2 Å². The molecule has 0 radical (unpaired) electrons. The molecule has 252 valence electrons. The number of hydrogen-bond acceptors (Lipinski definition) is 10. The van der Waals surface area contributed by atoms with Crippen molar-refractivity contribution < 1.29 is 50.0 Å². The van der Waals surface area contributed by atoms with E-state index in [-0.39, 0.29) is 46.2 Å². The Bertz CT molecular complexity index is 1060. The molecule has 4 saturated carbocycles. The first-order valence-electron chi connectivity index (χ1n) is 16.8. The summed E-state index contributed by atoms with van der Waals surface area (Å²) in [5.74, 6) is 0.613. The Morgan fingerprint density at radius 3 is 2.27 bits per heavy atom. The van der Waals surface area contributed by atoms with E-state index in [2.05, 4.69) is 20.4 Å². The van der Waals surface area contributed by atoms with Crippen molar-refractivity contribution in [2.24, 2.45) is 52.3 Å². The van der Waals surface area contributed by atoms with Crippen molar-refractivity contribution in [3.05, 3.63) is 12.2 Å². The predicted octanol–water partition coefficient (Wildman–Crippen LogP) is 1.55. The number of ketones is 1. The molecule has 4 aliphatic carbocycles. The molecule has 0 aromatic carbocycles. The van der Waals surface area contributed by atoms with E-state index in [1.54, 1.807) is 0 Å². The zero-order valence-electron chi connectivity index (χ0n) is 27.0. The molecule has 17 atom stereocenters. The lowest BCUT2D eigenvalue weighted by Crippen LogP contribution is -2.60. The van der Waals surface area contributed by atoms with Crippen molar-refractivity contribution in [3.8, 4) is 0 Å². The van der Waals surface area contributed by atoms with Crippen LogP contribution in [0, 0.1) is 52.3 Å². The van der Waals surface area contributed by atoms with E-state index in [9.17, 15) is 40.5 Å². The highest BCUT2D eigenvalue weighted by Gasteiger charge is 2.64. The Labute approximate surface area is 261 Å². The van der Waals surface area contributed by atoms with E-state index in [1.807, 2.05) is 20.8 Å². The number of carbonyl (C=O) groups excluding carboxylic acids is 1. The summed E-state index contributed by atoms with van der Waals surface area (Å²) in [7, 11) is 0. The minimum atomic E-state index is -1.59. The second kappa shape index (κ2) is 12.6. The maximum Gasteiger partial charge on any atom is 0.187 e. The van der Waals surface area contributed by atoms with Crippen LogP contribution in [-0.4, -0.2) is 103 Å². The predicted molar refractivity (Wildman–Crippen MR) is 161 cm³/mol. The third kappa shape index (κ3) is 5.54. The van der Waals surface area contributed by atoms with Gasteiger partial charge in [0.2, 0.25) is 0 Å². The van der Waals surface area contributed by atoms with Crippen molar-refractivity contribution in [1.29, 1.82) is 0 Å². The number of aliphatic hydroxyl groups is 7. The third-order valence-electron chi connectivity index (χ3n) is 13.3. The Morgan fingerprint density at radius 1 is 0.977 bits per heavy atom. The Morgan fingerprint density at radius 2 is 1.64 bits per heavy atom. The lowest BCUT2D eigenvalue weighted by Gasteiger charge is -2.61. The van der Waals surface area contributed by atoms with E-state index >= 15 is 0 Å². The fourth-order valence-electron chi connectivity index (χ4n) is 10.5. The van der Waals surface area contributed by atoms with Crippen LogP contribution in [0.5, 0.6) is 0 Å². The van der Waals surface area contributed by atoms with Crippen molar-refractivity contribution in [2.45, 2.75) is 135 Å². The number of Topliss-reactive ketones (excluding diaryl/α,β-unsaturated/α-hetero) is 1. The molecule has 0 aromatic heterocycles. The maximum atomic E-state index is 13.5. The Kier molecular flexibility index (Phi) is 9.83. The second-order valence-corrected chi connectivity index (χ2v) is 15.7. The number of fused-ring (bicyclic) bond motifs is 5. The zero-order chi connectivity index (χ0) is 32.5. The van der Waals surface area contributed by atoms with E-state index in [4.69, 9.17) is 9.47 Å². The zero-order valence-corrected chi connectivity index (χ0v) is 27.0. The summed E-state index contributed by atoms with van der Waals surface area (Å²) >= 11 is 0. The van der Waals surface area contributed by atoms with Crippen molar-refractivity contribution in [1.82, 2.24) is 0 Å². The molecule has 1 heterocycles. The molecule has 10 heteroatoms. The fraction of sp³-hybridized carbons (Fsp3) is 0.912. The molecule has 10 nitrogen and oxygen atoms in total. The van der Waals surface area contributed by atoms with Gasteiger partial charge < -0.3 is 45.2 Å². The molecule has 0 aromatic rings. The number of carbonyl (C=O) groups is 1. The maximum absolute atomic E-state index is 13.5. The van der Waals surface area contributed by atoms with Gasteiger partial charge in [0.1, 0.15) is 36.3 Å². The van der Waals surface area contributed by atoms with E-state index < -0.39 is 61.7 Å². The summed E-state index contributed by atoms with van der Waals surface area (Å²) in [6, 6.07) is 0. The average Bonchev–Trinajstić information content (AvgIpc) is 3.33. The lowest BCUT2D eigenvalue weighted by molar-refractivity contribution is -0.315. The summed E-state index contributed by atoms with van der Waals surface area (Å²) in [5, 5.41) is 73.8. The second-order valence-electron chi connectivity index (χ2n) is 15.7. The quantitative estimate of drug-likeness (QED) is 0.196. The van der Waals surface area contributed by atoms with Crippen LogP contribution < -0.4 is 0 Å². The van der Waals surface area contributed by atoms with E-state index in [1.165, 1.54) is 0 Å². The molecule has 44 heavy (non-hydrogen) atoms. The van der Waals surface area contributed by atoms with Gasteiger partial charge in [-0.15, -0.1) is 0 Å². The normalized spacial score (nSPS) is 49.5. The first kappa shape index (κ1) is 34.4. The topological polar surface area (TPSA) is 177 Å².